The molecule has 0 heterocycles. The fraction of sp³-hybridized carbons (Fsp3) is 0.250. The summed E-state index contributed by atoms with van der Waals surface area (Å²) in [4.78, 5) is 20.3. The zero-order valence-corrected chi connectivity index (χ0v) is 10.5. The molecule has 0 aromatic carbocycles. The molecule has 0 amide bonds. The molecule has 0 unspecified atom stereocenters. The van der Waals surface area contributed by atoms with E-state index < -0.39 is 17.2 Å². The maximum atomic E-state index is 10.2. The summed E-state index contributed by atoms with van der Waals surface area (Å²) in [6.07, 6.45) is 0. The van der Waals surface area contributed by atoms with Gasteiger partial charge in [0.05, 0.1) is 0 Å². The number of rotatable bonds is 3. The second-order valence-corrected chi connectivity index (χ2v) is 4.13. The minimum Gasteiger partial charge on any atom is -0.480 e. The largest absolute Gasteiger partial charge is 1.00 e. The molecule has 0 bridgehead atoms. The number of carboxylic acid groups (broad SMARTS) is 2. The molecule has 0 aromatic heterocycles. The van der Waals surface area contributed by atoms with Crippen molar-refractivity contribution in [3.05, 3.63) is 0 Å². The van der Waals surface area contributed by atoms with E-state index in [1.165, 1.54) is 0 Å². The summed E-state index contributed by atoms with van der Waals surface area (Å²) in [5.41, 5.74) is 0. The van der Waals surface area contributed by atoms with Crippen LogP contribution in [0, 0.1) is 0 Å². The Kier molecular flexibility index (Phi) is 8.86. The molecule has 0 atom stereocenters. The summed E-state index contributed by atoms with van der Waals surface area (Å²) in [6, 6.07) is 0. The second-order valence-electron chi connectivity index (χ2n) is 1.42. The van der Waals surface area contributed by atoms with Gasteiger partial charge in [-0.25, -0.2) is 0 Å². The van der Waals surface area contributed by atoms with E-state index in [4.69, 9.17) is 10.2 Å². The van der Waals surface area contributed by atoms with Gasteiger partial charge in [-0.1, -0.05) is 3.53 Å². The minimum absolute atomic E-state index is 0. The van der Waals surface area contributed by atoms with E-state index in [0.29, 0.717) is 11.8 Å². The fourth-order valence-corrected chi connectivity index (χ4v) is 1.27. The third kappa shape index (κ3) is 6.15. The van der Waals surface area contributed by atoms with Gasteiger partial charge >= 0.3 is 41.5 Å². The Bertz CT molecular complexity index is 192. The van der Waals surface area contributed by atoms with E-state index in [1.807, 2.05) is 0 Å². The number of aliphatic carboxylic acids is 2. The predicted octanol–water partition coefficient (Wildman–Crippen LogP) is -2.91. The van der Waals surface area contributed by atoms with Crippen molar-refractivity contribution >= 4 is 52.1 Å². The first kappa shape index (κ1) is 15.1. The molecule has 0 saturated heterocycles. The fourth-order valence-electron chi connectivity index (χ4n) is 0.303. The van der Waals surface area contributed by atoms with Crippen LogP contribution in [0.1, 0.15) is 0 Å². The normalized spacial score (nSPS) is 8.75. The smallest absolute Gasteiger partial charge is 0.480 e. The summed E-state index contributed by atoms with van der Waals surface area (Å²) < 4.78 is -0.111. The number of carbonyl (C=O) groups is 2. The number of hydrogen-bond donors (Lipinski definition) is 2. The average molecular weight is 234 g/mol. The molecule has 0 radical (unpaired) electrons. The predicted molar refractivity (Wildman–Crippen MR) is 46.6 cm³/mol. The van der Waals surface area contributed by atoms with E-state index in [2.05, 4.69) is 24.8 Å². The Hall–Kier alpha value is 0.600. The van der Waals surface area contributed by atoms with Crippen LogP contribution in [0.3, 0.4) is 0 Å². The maximum Gasteiger partial charge on any atom is 1.00 e. The molecule has 0 rings (SSSR count). The van der Waals surface area contributed by atoms with Gasteiger partial charge in [0.15, 0.2) is 0 Å². The van der Waals surface area contributed by atoms with Gasteiger partial charge in [0.1, 0.15) is 0 Å². The molecule has 0 aliphatic heterocycles. The van der Waals surface area contributed by atoms with Crippen molar-refractivity contribution in [2.24, 2.45) is 0 Å². The van der Waals surface area contributed by atoms with Crippen LogP contribution in [0.2, 0.25) is 0 Å². The molecule has 0 aliphatic rings. The number of thiocarbonyl (C=S) groups is 1. The Morgan fingerprint density at radius 1 is 1.33 bits per heavy atom. The van der Waals surface area contributed by atoms with Gasteiger partial charge in [-0.15, -0.1) is 11.8 Å². The summed E-state index contributed by atoms with van der Waals surface area (Å²) in [5, 5.41) is 15.0. The Morgan fingerprint density at radius 3 is 1.75 bits per heavy atom. The van der Waals surface area contributed by atoms with Gasteiger partial charge in [0.25, 0.3) is 0 Å². The molecule has 12 heavy (non-hydrogen) atoms. The molecule has 2 N–H and O–H groups in total. The molecule has 0 fully saturated rings. The zero-order chi connectivity index (χ0) is 9.02. The first-order chi connectivity index (χ1) is 4.95. The molecule has 0 aromatic rings. The SMILES string of the molecule is O=C(O)C(SC(=S)[S-])C(=O)O.[Na+]. The summed E-state index contributed by atoms with van der Waals surface area (Å²) in [7, 11) is 0. The summed E-state index contributed by atoms with van der Waals surface area (Å²) in [5.74, 6) is -2.90. The Labute approximate surface area is 106 Å². The maximum absolute atomic E-state index is 10.2. The average Bonchev–Trinajstić information content (AvgIpc) is 1.81. The molecule has 0 aliphatic carbocycles. The van der Waals surface area contributed by atoms with Gasteiger partial charge in [-0.3, -0.25) is 9.59 Å². The molecular formula is C4H3NaO4S3. The zero-order valence-electron chi connectivity index (χ0n) is 6.01. The van der Waals surface area contributed by atoms with Crippen LogP contribution in [0.5, 0.6) is 0 Å². The standard InChI is InChI=1S/C4H4O4S3.Na/c5-2(6)1(3(7)8)11-4(9)10;/h1H,(H,5,6)(H,7,8)(H,9,10);/q;+1/p-1. The second kappa shape index (κ2) is 7.05. The quantitative estimate of drug-likeness (QED) is 0.235. The van der Waals surface area contributed by atoms with Crippen molar-refractivity contribution in [3.63, 3.8) is 0 Å². The van der Waals surface area contributed by atoms with Crippen molar-refractivity contribution < 1.29 is 49.4 Å². The van der Waals surface area contributed by atoms with Crippen LogP contribution in [0.4, 0.5) is 0 Å². The van der Waals surface area contributed by atoms with Gasteiger partial charge in [-0.05, 0) is 0 Å². The van der Waals surface area contributed by atoms with Gasteiger partial charge in [0.2, 0.25) is 5.25 Å². The third-order valence-electron chi connectivity index (χ3n) is 0.663. The van der Waals surface area contributed by atoms with Crippen molar-refractivity contribution in [2.75, 3.05) is 0 Å². The molecule has 0 spiro atoms. The van der Waals surface area contributed by atoms with Crippen LogP contribution < -0.4 is 29.6 Å². The first-order valence-corrected chi connectivity index (χ1v) is 3.98. The number of hydrogen-bond acceptors (Lipinski definition) is 5. The minimum atomic E-state index is -1.58. The van der Waals surface area contributed by atoms with Gasteiger partial charge in [0, 0.05) is 0 Å². The van der Waals surface area contributed by atoms with Crippen LogP contribution >= 0.6 is 24.0 Å². The van der Waals surface area contributed by atoms with E-state index in [9.17, 15) is 9.59 Å². The Morgan fingerprint density at radius 2 is 1.67 bits per heavy atom. The van der Waals surface area contributed by atoms with Crippen molar-refractivity contribution in [3.8, 4) is 0 Å². The molecule has 4 nitrogen and oxygen atoms in total. The summed E-state index contributed by atoms with van der Waals surface area (Å²) in [6.45, 7) is 0. The molecule has 0 saturated carbocycles. The molecule has 62 valence electrons. The molecular weight excluding hydrogens is 231 g/mol. The van der Waals surface area contributed by atoms with Crippen molar-refractivity contribution in [1.29, 1.82) is 0 Å². The van der Waals surface area contributed by atoms with Crippen LogP contribution in [-0.4, -0.2) is 30.9 Å². The monoisotopic (exact) mass is 234 g/mol. The topological polar surface area (TPSA) is 74.6 Å². The number of carboxylic acids is 2. The summed E-state index contributed by atoms with van der Waals surface area (Å²) >= 11 is 9.19. The van der Waals surface area contributed by atoms with Crippen molar-refractivity contribution in [1.82, 2.24) is 0 Å². The van der Waals surface area contributed by atoms with Gasteiger partial charge < -0.3 is 35.1 Å². The van der Waals surface area contributed by atoms with Crippen molar-refractivity contribution in [2.45, 2.75) is 5.25 Å². The first-order valence-electron chi connectivity index (χ1n) is 2.28. The van der Waals surface area contributed by atoms with Gasteiger partial charge in [-0.2, -0.15) is 0 Å². The van der Waals surface area contributed by atoms with E-state index in [-0.39, 0.29) is 33.1 Å². The molecule has 8 heteroatoms. The third-order valence-corrected chi connectivity index (χ3v) is 2.07. The van der Waals surface area contributed by atoms with Crippen LogP contribution in [0.15, 0.2) is 0 Å². The van der Waals surface area contributed by atoms with E-state index in [1.54, 1.807) is 0 Å². The van der Waals surface area contributed by atoms with Crippen LogP contribution in [0.25, 0.3) is 0 Å². The Balaban J connectivity index is 0. The van der Waals surface area contributed by atoms with E-state index >= 15 is 0 Å². The van der Waals surface area contributed by atoms with Crippen LogP contribution in [-0.2, 0) is 22.2 Å². The van der Waals surface area contributed by atoms with E-state index in [0.717, 1.165) is 0 Å². The number of thioether (sulfide) groups is 1.